The molecule has 0 amide bonds. The Bertz CT molecular complexity index is 177. The molecule has 0 spiro atoms. The maximum atomic E-state index is 8.83. The first-order chi connectivity index (χ1) is 5.68. The predicted molar refractivity (Wildman–Crippen MR) is 47.6 cm³/mol. The van der Waals surface area contributed by atoms with E-state index in [1.807, 2.05) is 0 Å². The second-order valence-corrected chi connectivity index (χ2v) is 3.99. The molecular weight excluding hydrogens is 150 g/mol. The van der Waals surface area contributed by atoms with Crippen molar-refractivity contribution in [3.05, 3.63) is 0 Å². The Kier molecular flexibility index (Phi) is 3.11. The van der Waals surface area contributed by atoms with Gasteiger partial charge in [0.25, 0.3) is 0 Å². The summed E-state index contributed by atoms with van der Waals surface area (Å²) in [7, 11) is 0. The molecule has 1 fully saturated rings. The summed E-state index contributed by atoms with van der Waals surface area (Å²) >= 11 is 0. The van der Waals surface area contributed by atoms with Crippen LogP contribution in [0.5, 0.6) is 0 Å². The van der Waals surface area contributed by atoms with Crippen molar-refractivity contribution < 1.29 is 4.74 Å². The molecule has 1 aliphatic carbocycles. The van der Waals surface area contributed by atoms with Crippen LogP contribution < -0.4 is 0 Å². The largest absolute Gasteiger partial charge is 0.360 e. The Labute approximate surface area is 74.5 Å². The van der Waals surface area contributed by atoms with Crippen LogP contribution in [0.1, 0.15) is 39.5 Å². The minimum atomic E-state index is -0.394. The van der Waals surface area contributed by atoms with Gasteiger partial charge in [0.05, 0.1) is 6.07 Å². The molecule has 0 heterocycles. The zero-order chi connectivity index (χ0) is 9.03. The molecule has 0 aliphatic heterocycles. The summed E-state index contributed by atoms with van der Waals surface area (Å²) in [5.41, 5.74) is -0.394. The number of nitrogens with zero attached hydrogens (tertiary/aromatic N) is 1. The van der Waals surface area contributed by atoms with Gasteiger partial charge in [0.15, 0.2) is 5.60 Å². The Hall–Kier alpha value is -0.550. The third-order valence-electron chi connectivity index (χ3n) is 2.44. The molecule has 1 saturated carbocycles. The standard InChI is InChI=1S/C10H17NO/c1-9(2)4-7-12-10(8-11)5-3-6-10/h9H,3-7H2,1-2H3. The number of hydrogen-bond acceptors (Lipinski definition) is 2. The van der Waals surface area contributed by atoms with Crippen LogP contribution in [0.4, 0.5) is 0 Å². The minimum absolute atomic E-state index is 0.394. The topological polar surface area (TPSA) is 33.0 Å². The fourth-order valence-corrected chi connectivity index (χ4v) is 1.28. The molecule has 1 aliphatic rings. The van der Waals surface area contributed by atoms with Gasteiger partial charge in [-0.1, -0.05) is 13.8 Å². The highest BCUT2D eigenvalue weighted by Gasteiger charge is 2.37. The SMILES string of the molecule is CC(C)CCOC1(C#N)CCC1. The van der Waals surface area contributed by atoms with Gasteiger partial charge in [0.2, 0.25) is 0 Å². The van der Waals surface area contributed by atoms with Crippen molar-refractivity contribution >= 4 is 0 Å². The molecule has 0 N–H and O–H groups in total. The average Bonchev–Trinajstić information content (AvgIpc) is 1.94. The second-order valence-electron chi connectivity index (χ2n) is 3.99. The fourth-order valence-electron chi connectivity index (χ4n) is 1.28. The van der Waals surface area contributed by atoms with E-state index >= 15 is 0 Å². The summed E-state index contributed by atoms with van der Waals surface area (Å²) in [6, 6.07) is 2.27. The Balaban J connectivity index is 2.18. The van der Waals surface area contributed by atoms with Gasteiger partial charge in [-0.15, -0.1) is 0 Å². The van der Waals surface area contributed by atoms with Crippen LogP contribution in [0.2, 0.25) is 0 Å². The Morgan fingerprint density at radius 3 is 2.50 bits per heavy atom. The quantitative estimate of drug-likeness (QED) is 0.644. The first kappa shape index (κ1) is 9.54. The summed E-state index contributed by atoms with van der Waals surface area (Å²) in [5.74, 6) is 0.667. The molecule has 0 unspecified atom stereocenters. The van der Waals surface area contributed by atoms with Crippen molar-refractivity contribution in [3.8, 4) is 6.07 Å². The van der Waals surface area contributed by atoms with Crippen molar-refractivity contribution in [2.75, 3.05) is 6.61 Å². The second kappa shape index (κ2) is 3.91. The summed E-state index contributed by atoms with van der Waals surface area (Å²) < 4.78 is 5.56. The lowest BCUT2D eigenvalue weighted by atomic mass is 9.81. The molecule has 0 radical (unpaired) electrons. The molecule has 12 heavy (non-hydrogen) atoms. The van der Waals surface area contributed by atoms with E-state index in [0.717, 1.165) is 32.3 Å². The van der Waals surface area contributed by atoms with E-state index in [9.17, 15) is 0 Å². The molecule has 68 valence electrons. The van der Waals surface area contributed by atoms with Crippen molar-refractivity contribution in [3.63, 3.8) is 0 Å². The Morgan fingerprint density at radius 1 is 1.50 bits per heavy atom. The summed E-state index contributed by atoms with van der Waals surface area (Å²) in [4.78, 5) is 0. The van der Waals surface area contributed by atoms with E-state index in [1.165, 1.54) is 0 Å². The van der Waals surface area contributed by atoms with Crippen molar-refractivity contribution in [2.24, 2.45) is 5.92 Å². The number of ether oxygens (including phenoxy) is 1. The third-order valence-corrected chi connectivity index (χ3v) is 2.44. The maximum absolute atomic E-state index is 8.83. The van der Waals surface area contributed by atoms with Gasteiger partial charge in [-0.2, -0.15) is 5.26 Å². The molecule has 0 aromatic carbocycles. The van der Waals surface area contributed by atoms with E-state index in [1.54, 1.807) is 0 Å². The highest BCUT2D eigenvalue weighted by molar-refractivity contribution is 5.07. The maximum Gasteiger partial charge on any atom is 0.154 e. The monoisotopic (exact) mass is 167 g/mol. The lowest BCUT2D eigenvalue weighted by Crippen LogP contribution is -2.38. The van der Waals surface area contributed by atoms with Crippen LogP contribution in [0, 0.1) is 17.2 Å². The zero-order valence-electron chi connectivity index (χ0n) is 7.97. The first-order valence-electron chi connectivity index (χ1n) is 4.74. The van der Waals surface area contributed by atoms with Crippen molar-refractivity contribution in [2.45, 2.75) is 45.1 Å². The molecule has 0 atom stereocenters. The van der Waals surface area contributed by atoms with Gasteiger partial charge in [-0.25, -0.2) is 0 Å². The van der Waals surface area contributed by atoms with Gasteiger partial charge in [-0.3, -0.25) is 0 Å². The van der Waals surface area contributed by atoms with Crippen molar-refractivity contribution in [1.82, 2.24) is 0 Å². The van der Waals surface area contributed by atoms with Gasteiger partial charge in [-0.05, 0) is 31.6 Å². The highest BCUT2D eigenvalue weighted by atomic mass is 16.5. The van der Waals surface area contributed by atoms with Crippen LogP contribution in [0.15, 0.2) is 0 Å². The fraction of sp³-hybridized carbons (Fsp3) is 0.900. The molecule has 0 aromatic rings. The normalized spacial score (nSPS) is 20.2. The molecule has 2 heteroatoms. The van der Waals surface area contributed by atoms with Gasteiger partial charge in [0.1, 0.15) is 0 Å². The molecule has 0 saturated heterocycles. The molecule has 0 bridgehead atoms. The minimum Gasteiger partial charge on any atom is -0.360 e. The van der Waals surface area contributed by atoms with Crippen molar-refractivity contribution in [1.29, 1.82) is 5.26 Å². The summed E-state index contributed by atoms with van der Waals surface area (Å²) in [5, 5.41) is 8.83. The Morgan fingerprint density at radius 2 is 2.17 bits per heavy atom. The summed E-state index contributed by atoms with van der Waals surface area (Å²) in [6.45, 7) is 5.08. The number of rotatable bonds is 4. The third kappa shape index (κ3) is 2.22. The molecule has 0 aromatic heterocycles. The van der Waals surface area contributed by atoms with E-state index in [-0.39, 0.29) is 0 Å². The van der Waals surface area contributed by atoms with E-state index < -0.39 is 5.60 Å². The molecule has 2 nitrogen and oxygen atoms in total. The van der Waals surface area contributed by atoms with Crippen LogP contribution in [0.3, 0.4) is 0 Å². The van der Waals surface area contributed by atoms with Gasteiger partial charge < -0.3 is 4.74 Å². The van der Waals surface area contributed by atoms with Gasteiger partial charge >= 0.3 is 0 Å². The molecule has 1 rings (SSSR count). The summed E-state index contributed by atoms with van der Waals surface area (Å²) in [6.07, 6.45) is 4.07. The van der Waals surface area contributed by atoms with E-state index in [2.05, 4.69) is 19.9 Å². The first-order valence-corrected chi connectivity index (χ1v) is 4.74. The van der Waals surface area contributed by atoms with Crippen LogP contribution in [0.25, 0.3) is 0 Å². The van der Waals surface area contributed by atoms with Gasteiger partial charge in [0, 0.05) is 6.61 Å². The average molecular weight is 167 g/mol. The van der Waals surface area contributed by atoms with E-state index in [4.69, 9.17) is 10.00 Å². The van der Waals surface area contributed by atoms with Crippen LogP contribution in [-0.2, 0) is 4.74 Å². The highest BCUT2D eigenvalue weighted by Crippen LogP contribution is 2.34. The lowest BCUT2D eigenvalue weighted by Gasteiger charge is -2.35. The predicted octanol–water partition coefficient (Wildman–Crippen LogP) is 2.50. The number of nitriles is 1. The zero-order valence-corrected chi connectivity index (χ0v) is 7.97. The van der Waals surface area contributed by atoms with Crippen LogP contribution in [-0.4, -0.2) is 12.2 Å². The smallest absolute Gasteiger partial charge is 0.154 e. The van der Waals surface area contributed by atoms with Crippen LogP contribution >= 0.6 is 0 Å². The number of hydrogen-bond donors (Lipinski definition) is 0. The molecular formula is C10H17NO. The lowest BCUT2D eigenvalue weighted by molar-refractivity contribution is -0.0592. The van der Waals surface area contributed by atoms with E-state index in [0.29, 0.717) is 5.92 Å².